The molecule has 1 aliphatic carbocycles. The van der Waals surface area contributed by atoms with Crippen LogP contribution in [0.4, 0.5) is 0 Å². The molecule has 2 atom stereocenters. The molecule has 5 heteroatoms. The number of nitrogens with one attached hydrogen (secondary N) is 1. The lowest BCUT2D eigenvalue weighted by molar-refractivity contribution is -0.140. The Bertz CT molecular complexity index is 901. The van der Waals surface area contributed by atoms with E-state index in [1.807, 2.05) is 19.1 Å². The summed E-state index contributed by atoms with van der Waals surface area (Å²) in [5.74, 6) is 0.460. The minimum Gasteiger partial charge on any atom is -0.469 e. The van der Waals surface area contributed by atoms with Crippen LogP contribution in [0.2, 0.25) is 0 Å². The lowest BCUT2D eigenvalue weighted by Gasteiger charge is -2.31. The summed E-state index contributed by atoms with van der Waals surface area (Å²) in [5.41, 5.74) is 5.19. The maximum Gasteiger partial charge on any atom is 0.305 e. The highest BCUT2D eigenvalue weighted by Crippen LogP contribution is 2.32. The number of methoxy groups -OCH3 is 1. The number of aliphatic hydroxyl groups is 1. The first-order valence-corrected chi connectivity index (χ1v) is 12.5. The fourth-order valence-electron chi connectivity index (χ4n) is 5.07. The Balaban J connectivity index is 1.41. The molecular formula is C29H41NO4. The van der Waals surface area contributed by atoms with Gasteiger partial charge in [-0.3, -0.25) is 4.79 Å². The van der Waals surface area contributed by atoms with Crippen LogP contribution in [0.5, 0.6) is 0 Å². The number of esters is 1. The molecule has 0 unspecified atom stereocenters. The maximum atomic E-state index is 11.4. The lowest BCUT2D eigenvalue weighted by Crippen LogP contribution is -2.45. The third kappa shape index (κ3) is 7.93. The second-order valence-electron chi connectivity index (χ2n) is 10.3. The number of hydrogen-bond donors (Lipinski definition) is 2. The van der Waals surface area contributed by atoms with Gasteiger partial charge in [-0.25, -0.2) is 0 Å². The number of hydrogen-bond acceptors (Lipinski definition) is 5. The number of aliphatic hydroxyl groups excluding tert-OH is 1. The molecule has 0 amide bonds. The highest BCUT2D eigenvalue weighted by Gasteiger charge is 2.28. The molecule has 0 saturated heterocycles. The van der Waals surface area contributed by atoms with Gasteiger partial charge in [0.05, 0.1) is 25.9 Å². The molecule has 2 aromatic carbocycles. The molecule has 5 nitrogen and oxygen atoms in total. The van der Waals surface area contributed by atoms with Crippen molar-refractivity contribution in [2.24, 2.45) is 5.92 Å². The molecule has 2 N–H and O–H groups in total. The normalized spacial score (nSPS) is 15.7. The molecule has 0 saturated carbocycles. The van der Waals surface area contributed by atoms with Crippen molar-refractivity contribution in [2.45, 2.75) is 77.0 Å². The molecule has 186 valence electrons. The van der Waals surface area contributed by atoms with Crippen molar-refractivity contribution in [3.05, 3.63) is 70.8 Å². The molecule has 1 aliphatic rings. The average Bonchev–Trinajstić information content (AvgIpc) is 3.23. The molecule has 0 bridgehead atoms. The fourth-order valence-corrected chi connectivity index (χ4v) is 5.07. The van der Waals surface area contributed by atoms with E-state index in [0.29, 0.717) is 18.9 Å². The molecule has 2 aromatic rings. The Morgan fingerprint density at radius 2 is 1.76 bits per heavy atom. The van der Waals surface area contributed by atoms with Crippen LogP contribution in [0.25, 0.3) is 0 Å². The second kappa shape index (κ2) is 12.5. The minimum atomic E-state index is -0.575. The number of aryl methyl sites for hydroxylation is 1. The van der Waals surface area contributed by atoms with Gasteiger partial charge in [0.25, 0.3) is 0 Å². The number of carbonyl (C=O) groups is 1. The molecule has 0 heterocycles. The topological polar surface area (TPSA) is 67.8 Å². The van der Waals surface area contributed by atoms with Gasteiger partial charge in [-0.15, -0.1) is 0 Å². The molecule has 34 heavy (non-hydrogen) atoms. The van der Waals surface area contributed by atoms with E-state index in [4.69, 9.17) is 9.47 Å². The third-order valence-electron chi connectivity index (χ3n) is 6.84. The predicted molar refractivity (Wildman–Crippen MR) is 136 cm³/mol. The summed E-state index contributed by atoms with van der Waals surface area (Å²) in [4.78, 5) is 11.4. The second-order valence-corrected chi connectivity index (χ2v) is 10.3. The van der Waals surface area contributed by atoms with Crippen LogP contribution in [-0.2, 0) is 33.5 Å². The molecule has 0 radical (unpaired) electrons. The number of carbonyl (C=O) groups excluding carboxylic acids is 1. The number of fused-ring (bicyclic) bond motifs is 1. The van der Waals surface area contributed by atoms with Crippen LogP contribution in [0.3, 0.4) is 0 Å². The quantitative estimate of drug-likeness (QED) is 0.415. The zero-order valence-corrected chi connectivity index (χ0v) is 21.2. The van der Waals surface area contributed by atoms with Gasteiger partial charge >= 0.3 is 5.97 Å². The van der Waals surface area contributed by atoms with E-state index in [1.54, 1.807) is 0 Å². The van der Waals surface area contributed by atoms with Crippen molar-refractivity contribution in [2.75, 3.05) is 20.3 Å². The Morgan fingerprint density at radius 1 is 1.12 bits per heavy atom. The molecule has 0 aromatic heterocycles. The lowest BCUT2D eigenvalue weighted by atomic mass is 9.88. The van der Waals surface area contributed by atoms with Crippen molar-refractivity contribution in [3.63, 3.8) is 0 Å². The van der Waals surface area contributed by atoms with E-state index >= 15 is 0 Å². The summed E-state index contributed by atoms with van der Waals surface area (Å²) >= 11 is 0. The van der Waals surface area contributed by atoms with Crippen molar-refractivity contribution >= 4 is 5.97 Å². The fraction of sp³-hybridized carbons (Fsp3) is 0.552. The van der Waals surface area contributed by atoms with Crippen molar-refractivity contribution in [1.82, 2.24) is 5.32 Å². The number of rotatable bonds is 13. The van der Waals surface area contributed by atoms with Crippen LogP contribution < -0.4 is 5.32 Å². The van der Waals surface area contributed by atoms with E-state index < -0.39 is 6.10 Å². The highest BCUT2D eigenvalue weighted by molar-refractivity contribution is 5.69. The Kier molecular flexibility index (Phi) is 9.69. The zero-order chi connectivity index (χ0) is 24.6. The standard InChI is InChI=1S/C29H41NO4/c1-21(27-14-8-7-10-23(27)13-9-15-28(32)33-4)34-20-26(31)19-30-29(2,3)18-22-16-24-11-5-6-12-25(24)17-22/h5-8,10-12,14,21-22,26,30-31H,9,13,15-20H2,1-4H3/t21-,26+/m1/s1. The molecule has 0 aliphatic heterocycles. The molecule has 0 spiro atoms. The number of β-amino-alcohol motifs (C(OH)–C–C–N with tert-alkyl or cyclic N) is 1. The van der Waals surface area contributed by atoms with Gasteiger partial charge in [0.2, 0.25) is 0 Å². The van der Waals surface area contributed by atoms with Crippen molar-refractivity contribution in [1.29, 1.82) is 0 Å². The van der Waals surface area contributed by atoms with Crippen LogP contribution in [0.15, 0.2) is 48.5 Å². The van der Waals surface area contributed by atoms with Crippen LogP contribution in [0, 0.1) is 5.92 Å². The van der Waals surface area contributed by atoms with Gasteiger partial charge in [0.15, 0.2) is 0 Å². The van der Waals surface area contributed by atoms with Crippen LogP contribution in [-0.4, -0.2) is 43.0 Å². The van der Waals surface area contributed by atoms with E-state index in [0.717, 1.165) is 37.7 Å². The first-order valence-electron chi connectivity index (χ1n) is 12.5. The van der Waals surface area contributed by atoms with E-state index in [-0.39, 0.29) is 24.2 Å². The summed E-state index contributed by atoms with van der Waals surface area (Å²) in [6.45, 7) is 7.23. The maximum absolute atomic E-state index is 11.4. The minimum absolute atomic E-state index is 0.0501. The van der Waals surface area contributed by atoms with Gasteiger partial charge in [-0.2, -0.15) is 0 Å². The summed E-state index contributed by atoms with van der Waals surface area (Å²) < 4.78 is 10.8. The summed E-state index contributed by atoms with van der Waals surface area (Å²) in [7, 11) is 1.42. The third-order valence-corrected chi connectivity index (χ3v) is 6.84. The summed E-state index contributed by atoms with van der Waals surface area (Å²) in [6.07, 6.45) is 4.60. The van der Waals surface area contributed by atoms with Crippen LogP contribution in [0.1, 0.15) is 68.4 Å². The zero-order valence-electron chi connectivity index (χ0n) is 21.2. The Hall–Kier alpha value is -2.21. The molecule has 0 fully saturated rings. The number of ether oxygens (including phenoxy) is 2. The van der Waals surface area contributed by atoms with Gasteiger partial charge in [0.1, 0.15) is 0 Å². The van der Waals surface area contributed by atoms with Gasteiger partial charge < -0.3 is 19.9 Å². The van der Waals surface area contributed by atoms with Gasteiger partial charge in [0, 0.05) is 18.5 Å². The SMILES string of the molecule is COC(=O)CCCc1ccccc1[C@@H](C)OC[C@@H](O)CNC(C)(C)CC1Cc2ccccc2C1. The molecule has 3 rings (SSSR count). The van der Waals surface area contributed by atoms with E-state index in [9.17, 15) is 9.90 Å². The Labute approximate surface area is 204 Å². The van der Waals surface area contributed by atoms with Gasteiger partial charge in [-0.05, 0) is 81.0 Å². The van der Waals surface area contributed by atoms with E-state index in [1.165, 1.54) is 23.8 Å². The van der Waals surface area contributed by atoms with E-state index in [2.05, 4.69) is 55.6 Å². The largest absolute Gasteiger partial charge is 0.469 e. The Morgan fingerprint density at radius 3 is 2.44 bits per heavy atom. The summed E-state index contributed by atoms with van der Waals surface area (Å²) in [6, 6.07) is 16.9. The predicted octanol–water partition coefficient (Wildman–Crippen LogP) is 4.79. The molecular weight excluding hydrogens is 426 g/mol. The monoisotopic (exact) mass is 467 g/mol. The van der Waals surface area contributed by atoms with Crippen molar-refractivity contribution < 1.29 is 19.4 Å². The van der Waals surface area contributed by atoms with Crippen LogP contribution >= 0.6 is 0 Å². The first kappa shape index (κ1) is 26.4. The van der Waals surface area contributed by atoms with Crippen molar-refractivity contribution in [3.8, 4) is 0 Å². The highest BCUT2D eigenvalue weighted by atomic mass is 16.5. The van der Waals surface area contributed by atoms with Gasteiger partial charge in [-0.1, -0.05) is 48.5 Å². The summed E-state index contributed by atoms with van der Waals surface area (Å²) in [5, 5.41) is 14.1. The number of benzene rings is 2. The smallest absolute Gasteiger partial charge is 0.305 e. The average molecular weight is 468 g/mol. The first-order chi connectivity index (χ1) is 16.3.